The number of carbonyl (C=O) groups excluding carboxylic acids is 1. The van der Waals surface area contributed by atoms with Crippen LogP contribution in [0.2, 0.25) is 0 Å². The number of rotatable bonds is 7. The molecule has 6 nitrogen and oxygen atoms in total. The Morgan fingerprint density at radius 3 is 2.89 bits per heavy atom. The molecule has 140 valence electrons. The number of hydrogen-bond acceptors (Lipinski definition) is 5. The van der Waals surface area contributed by atoms with Crippen LogP contribution in [0.15, 0.2) is 36.4 Å². The highest BCUT2D eigenvalue weighted by Gasteiger charge is 2.22. The van der Waals surface area contributed by atoms with Crippen molar-refractivity contribution in [2.75, 3.05) is 13.2 Å². The van der Waals surface area contributed by atoms with Crippen LogP contribution >= 0.6 is 0 Å². The Morgan fingerprint density at radius 2 is 2.11 bits per heavy atom. The lowest BCUT2D eigenvalue weighted by Crippen LogP contribution is -2.28. The zero-order chi connectivity index (χ0) is 19.2. The molecule has 27 heavy (non-hydrogen) atoms. The van der Waals surface area contributed by atoms with Crippen molar-refractivity contribution >= 4 is 5.91 Å². The van der Waals surface area contributed by atoms with Crippen molar-refractivity contribution in [3.8, 4) is 23.3 Å². The van der Waals surface area contributed by atoms with Crippen molar-refractivity contribution in [2.45, 2.75) is 32.9 Å². The molecule has 0 spiro atoms. The maximum Gasteiger partial charge on any atom is 0.258 e. The average molecular weight is 366 g/mol. The number of nitrogens with one attached hydrogen (secondary N) is 1. The molecule has 1 amide bonds. The first-order valence-corrected chi connectivity index (χ1v) is 8.94. The fourth-order valence-corrected chi connectivity index (χ4v) is 2.98. The SMILES string of the molecule is CCOc1cc2c(cc1CNC(=O)COc1ccccc1C#N)O[C@H](C)C2. The number of benzene rings is 2. The van der Waals surface area contributed by atoms with Gasteiger partial charge in [-0.25, -0.2) is 0 Å². The second-order valence-corrected chi connectivity index (χ2v) is 6.31. The van der Waals surface area contributed by atoms with Gasteiger partial charge in [-0.3, -0.25) is 4.79 Å². The number of nitriles is 1. The Bertz CT molecular complexity index is 873. The molecule has 2 aromatic rings. The highest BCUT2D eigenvalue weighted by molar-refractivity contribution is 5.77. The molecule has 1 N–H and O–H groups in total. The van der Waals surface area contributed by atoms with Crippen LogP contribution in [0.25, 0.3) is 0 Å². The lowest BCUT2D eigenvalue weighted by Gasteiger charge is -2.14. The number of ether oxygens (including phenoxy) is 3. The molecule has 0 saturated heterocycles. The van der Waals surface area contributed by atoms with Gasteiger partial charge in [-0.15, -0.1) is 0 Å². The fraction of sp³-hybridized carbons (Fsp3) is 0.333. The van der Waals surface area contributed by atoms with E-state index in [1.54, 1.807) is 24.3 Å². The van der Waals surface area contributed by atoms with Crippen molar-refractivity contribution in [3.05, 3.63) is 53.1 Å². The average Bonchev–Trinajstić information content (AvgIpc) is 3.03. The standard InChI is InChI=1S/C21H22N2O4/c1-3-25-19-9-16-8-14(2)27-20(16)10-17(19)12-23-21(24)13-26-18-7-5-4-6-15(18)11-22/h4-7,9-10,14H,3,8,12-13H2,1-2H3,(H,23,24)/t14-/m1/s1. The normalized spacial score (nSPS) is 14.6. The Balaban J connectivity index is 1.61. The second kappa shape index (κ2) is 8.45. The molecule has 0 unspecified atom stereocenters. The molecule has 0 aromatic heterocycles. The van der Waals surface area contributed by atoms with E-state index < -0.39 is 0 Å². The second-order valence-electron chi connectivity index (χ2n) is 6.31. The molecule has 0 bridgehead atoms. The van der Waals surface area contributed by atoms with E-state index in [1.165, 1.54) is 0 Å². The van der Waals surface area contributed by atoms with Gasteiger partial charge in [0, 0.05) is 24.1 Å². The summed E-state index contributed by atoms with van der Waals surface area (Å²) < 4.78 is 17.0. The number of para-hydroxylation sites is 1. The topological polar surface area (TPSA) is 80.6 Å². The van der Waals surface area contributed by atoms with Crippen molar-refractivity contribution < 1.29 is 19.0 Å². The summed E-state index contributed by atoms with van der Waals surface area (Å²) >= 11 is 0. The maximum absolute atomic E-state index is 12.2. The van der Waals surface area contributed by atoms with Gasteiger partial charge in [0.2, 0.25) is 0 Å². The minimum absolute atomic E-state index is 0.146. The van der Waals surface area contributed by atoms with Crippen LogP contribution in [0.4, 0.5) is 0 Å². The highest BCUT2D eigenvalue weighted by atomic mass is 16.5. The smallest absolute Gasteiger partial charge is 0.258 e. The zero-order valence-electron chi connectivity index (χ0n) is 15.5. The van der Waals surface area contributed by atoms with E-state index in [0.717, 1.165) is 29.0 Å². The third-order valence-electron chi connectivity index (χ3n) is 4.22. The van der Waals surface area contributed by atoms with Gasteiger partial charge < -0.3 is 19.5 Å². The van der Waals surface area contributed by atoms with Crippen LogP contribution in [0.3, 0.4) is 0 Å². The molecule has 0 radical (unpaired) electrons. The first kappa shape index (κ1) is 18.6. The van der Waals surface area contributed by atoms with Gasteiger partial charge in [0.15, 0.2) is 6.61 Å². The molecule has 1 aliphatic heterocycles. The zero-order valence-corrected chi connectivity index (χ0v) is 15.5. The molecule has 0 aliphatic carbocycles. The molecule has 1 atom stereocenters. The van der Waals surface area contributed by atoms with Gasteiger partial charge in [0.25, 0.3) is 5.91 Å². The largest absolute Gasteiger partial charge is 0.494 e. The van der Waals surface area contributed by atoms with E-state index in [0.29, 0.717) is 24.5 Å². The van der Waals surface area contributed by atoms with Crippen LogP contribution in [-0.4, -0.2) is 25.2 Å². The van der Waals surface area contributed by atoms with E-state index in [2.05, 4.69) is 5.32 Å². The van der Waals surface area contributed by atoms with Crippen molar-refractivity contribution in [2.24, 2.45) is 0 Å². The monoisotopic (exact) mass is 366 g/mol. The summed E-state index contributed by atoms with van der Waals surface area (Å²) in [6, 6.07) is 12.8. The van der Waals surface area contributed by atoms with E-state index in [-0.39, 0.29) is 18.6 Å². The summed E-state index contributed by atoms with van der Waals surface area (Å²) in [5.41, 5.74) is 2.38. The van der Waals surface area contributed by atoms with Crippen LogP contribution in [0.5, 0.6) is 17.2 Å². The third kappa shape index (κ3) is 4.50. The van der Waals surface area contributed by atoms with Gasteiger partial charge in [0.1, 0.15) is 29.4 Å². The lowest BCUT2D eigenvalue weighted by atomic mass is 10.1. The molecule has 3 rings (SSSR count). The number of amides is 1. The summed E-state index contributed by atoms with van der Waals surface area (Å²) in [5.74, 6) is 1.71. The van der Waals surface area contributed by atoms with Crippen LogP contribution in [-0.2, 0) is 17.8 Å². The first-order chi connectivity index (χ1) is 13.1. The van der Waals surface area contributed by atoms with E-state index >= 15 is 0 Å². The quantitative estimate of drug-likeness (QED) is 0.815. The molecule has 0 saturated carbocycles. The minimum Gasteiger partial charge on any atom is -0.494 e. The molecule has 6 heteroatoms. The minimum atomic E-state index is -0.278. The Labute approximate surface area is 158 Å². The van der Waals surface area contributed by atoms with Gasteiger partial charge in [-0.2, -0.15) is 5.26 Å². The van der Waals surface area contributed by atoms with Crippen molar-refractivity contribution in [1.29, 1.82) is 5.26 Å². The fourth-order valence-electron chi connectivity index (χ4n) is 2.98. The van der Waals surface area contributed by atoms with Crippen LogP contribution in [0, 0.1) is 11.3 Å². The van der Waals surface area contributed by atoms with E-state index in [9.17, 15) is 4.79 Å². The highest BCUT2D eigenvalue weighted by Crippen LogP contribution is 2.35. The number of carbonyl (C=O) groups is 1. The summed E-state index contributed by atoms with van der Waals surface area (Å²) in [5, 5.41) is 11.9. The first-order valence-electron chi connectivity index (χ1n) is 8.94. The molecule has 2 aromatic carbocycles. The van der Waals surface area contributed by atoms with Crippen LogP contribution in [0.1, 0.15) is 30.5 Å². The molecular weight excluding hydrogens is 344 g/mol. The van der Waals surface area contributed by atoms with E-state index in [4.69, 9.17) is 19.5 Å². The number of fused-ring (bicyclic) bond motifs is 1. The molecular formula is C21H22N2O4. The molecule has 0 fully saturated rings. The summed E-state index contributed by atoms with van der Waals surface area (Å²) in [6.07, 6.45) is 1.00. The van der Waals surface area contributed by atoms with Gasteiger partial charge in [-0.05, 0) is 38.1 Å². The Morgan fingerprint density at radius 1 is 1.30 bits per heavy atom. The summed E-state index contributed by atoms with van der Waals surface area (Å²) in [7, 11) is 0. The Hall–Kier alpha value is -3.20. The number of hydrogen-bond donors (Lipinski definition) is 1. The van der Waals surface area contributed by atoms with Gasteiger partial charge >= 0.3 is 0 Å². The third-order valence-corrected chi connectivity index (χ3v) is 4.22. The number of nitrogens with zero attached hydrogens (tertiary/aromatic N) is 1. The van der Waals surface area contributed by atoms with Crippen molar-refractivity contribution in [1.82, 2.24) is 5.32 Å². The predicted molar refractivity (Wildman–Crippen MR) is 99.9 cm³/mol. The van der Waals surface area contributed by atoms with Gasteiger partial charge in [0.05, 0.1) is 12.2 Å². The lowest BCUT2D eigenvalue weighted by molar-refractivity contribution is -0.123. The predicted octanol–water partition coefficient (Wildman–Crippen LogP) is 2.98. The molecule has 1 aliphatic rings. The maximum atomic E-state index is 12.2. The molecule has 1 heterocycles. The van der Waals surface area contributed by atoms with E-state index in [1.807, 2.05) is 32.0 Å². The van der Waals surface area contributed by atoms with Crippen LogP contribution < -0.4 is 19.5 Å². The van der Waals surface area contributed by atoms with Gasteiger partial charge in [-0.1, -0.05) is 12.1 Å². The summed E-state index contributed by atoms with van der Waals surface area (Å²) in [6.45, 7) is 4.64. The van der Waals surface area contributed by atoms with Crippen molar-refractivity contribution in [3.63, 3.8) is 0 Å². The Kier molecular flexibility index (Phi) is 5.82. The summed E-state index contributed by atoms with van der Waals surface area (Å²) in [4.78, 5) is 12.2.